The first-order valence-electron chi connectivity index (χ1n) is 5.25. The molecular weight excluding hydrogens is 277 g/mol. The van der Waals surface area contributed by atoms with Gasteiger partial charge in [0, 0.05) is 6.07 Å². The number of hydrogen-bond donors (Lipinski definition) is 1. The summed E-state index contributed by atoms with van der Waals surface area (Å²) in [6, 6.07) is 1.31. The van der Waals surface area contributed by atoms with Crippen LogP contribution in [0.5, 0.6) is 11.5 Å². The van der Waals surface area contributed by atoms with Gasteiger partial charge in [-0.25, -0.2) is 4.39 Å². The van der Waals surface area contributed by atoms with Crippen LogP contribution in [0.1, 0.15) is 5.89 Å². The minimum absolute atomic E-state index is 0.00407. The minimum Gasteiger partial charge on any atom is -0.493 e. The number of rotatable bonds is 4. The summed E-state index contributed by atoms with van der Waals surface area (Å²) >= 11 is 5.80. The van der Waals surface area contributed by atoms with E-state index in [2.05, 4.69) is 10.1 Å². The maximum absolute atomic E-state index is 14.1. The highest BCUT2D eigenvalue weighted by Crippen LogP contribution is 2.42. The van der Waals surface area contributed by atoms with Gasteiger partial charge in [-0.3, -0.25) is 0 Å². The summed E-state index contributed by atoms with van der Waals surface area (Å²) in [6.45, 7) is 0.0502. The molecule has 0 spiro atoms. The molecule has 0 saturated heterocycles. The smallest absolute Gasteiger partial charge is 0.240 e. The molecule has 6 nitrogen and oxygen atoms in total. The third-order valence-corrected chi connectivity index (χ3v) is 2.70. The average Bonchev–Trinajstić information content (AvgIpc) is 2.89. The highest BCUT2D eigenvalue weighted by Gasteiger charge is 2.24. The van der Waals surface area contributed by atoms with Crippen LogP contribution in [-0.2, 0) is 6.54 Å². The van der Waals surface area contributed by atoms with Crippen molar-refractivity contribution in [3.8, 4) is 22.9 Å². The quantitative estimate of drug-likeness (QED) is 0.926. The van der Waals surface area contributed by atoms with Gasteiger partial charge < -0.3 is 19.7 Å². The second-order valence-corrected chi connectivity index (χ2v) is 3.91. The normalized spacial score (nSPS) is 10.6. The Labute approximate surface area is 113 Å². The molecule has 8 heteroatoms. The number of nitrogens with zero attached hydrogens (tertiary/aromatic N) is 2. The highest BCUT2D eigenvalue weighted by atomic mass is 35.5. The van der Waals surface area contributed by atoms with E-state index in [9.17, 15) is 4.39 Å². The molecule has 0 aliphatic heterocycles. The van der Waals surface area contributed by atoms with Gasteiger partial charge in [0.25, 0.3) is 0 Å². The van der Waals surface area contributed by atoms with E-state index in [1.807, 2.05) is 0 Å². The average molecular weight is 288 g/mol. The van der Waals surface area contributed by atoms with Crippen LogP contribution in [0.3, 0.4) is 0 Å². The lowest BCUT2D eigenvalue weighted by atomic mass is 10.1. The molecule has 0 amide bonds. The van der Waals surface area contributed by atoms with Gasteiger partial charge >= 0.3 is 0 Å². The molecule has 0 radical (unpaired) electrons. The summed E-state index contributed by atoms with van der Waals surface area (Å²) in [5.41, 5.74) is 5.33. The Kier molecular flexibility index (Phi) is 3.87. The van der Waals surface area contributed by atoms with Crippen LogP contribution in [0, 0.1) is 5.82 Å². The maximum Gasteiger partial charge on any atom is 0.240 e. The molecule has 0 aliphatic carbocycles. The monoisotopic (exact) mass is 287 g/mol. The molecule has 1 aromatic carbocycles. The van der Waals surface area contributed by atoms with Gasteiger partial charge in [0.15, 0.2) is 17.3 Å². The number of methoxy groups -OCH3 is 2. The topological polar surface area (TPSA) is 83.4 Å². The van der Waals surface area contributed by atoms with E-state index in [-0.39, 0.29) is 40.3 Å². The molecule has 0 fully saturated rings. The number of hydrogen-bond acceptors (Lipinski definition) is 6. The first kappa shape index (κ1) is 13.6. The maximum atomic E-state index is 14.1. The van der Waals surface area contributed by atoms with Crippen molar-refractivity contribution < 1.29 is 18.4 Å². The fourth-order valence-electron chi connectivity index (χ4n) is 1.58. The standard InChI is InChI=1S/C11H11ClFN3O3/c1-17-6-3-5(12)9(13)8(10(6)18-2)11-15-7(4-14)19-16-11/h3H,4,14H2,1-2H3. The highest BCUT2D eigenvalue weighted by molar-refractivity contribution is 6.31. The zero-order chi connectivity index (χ0) is 14.0. The molecule has 2 aromatic rings. The molecule has 2 rings (SSSR count). The fourth-order valence-corrected chi connectivity index (χ4v) is 1.77. The van der Waals surface area contributed by atoms with E-state index in [1.165, 1.54) is 20.3 Å². The van der Waals surface area contributed by atoms with Crippen LogP contribution in [0.2, 0.25) is 5.02 Å². The lowest BCUT2D eigenvalue weighted by Crippen LogP contribution is -1.99. The molecule has 0 aliphatic rings. The van der Waals surface area contributed by atoms with Crippen LogP contribution < -0.4 is 15.2 Å². The SMILES string of the molecule is COc1cc(Cl)c(F)c(-c2noc(CN)n2)c1OC. The van der Waals surface area contributed by atoms with Crippen LogP contribution in [-0.4, -0.2) is 24.4 Å². The fraction of sp³-hybridized carbons (Fsp3) is 0.273. The molecule has 0 bridgehead atoms. The van der Waals surface area contributed by atoms with Gasteiger partial charge in [0.2, 0.25) is 11.7 Å². The summed E-state index contributed by atoms with van der Waals surface area (Å²) in [6.07, 6.45) is 0. The zero-order valence-electron chi connectivity index (χ0n) is 10.2. The van der Waals surface area contributed by atoms with Crippen molar-refractivity contribution in [3.05, 3.63) is 22.8 Å². The van der Waals surface area contributed by atoms with Crippen molar-refractivity contribution >= 4 is 11.6 Å². The number of nitrogens with two attached hydrogens (primary N) is 1. The second kappa shape index (κ2) is 5.41. The first-order valence-corrected chi connectivity index (χ1v) is 5.63. The van der Waals surface area contributed by atoms with Gasteiger partial charge in [0.05, 0.1) is 25.8 Å². The molecule has 1 heterocycles. The Morgan fingerprint density at radius 1 is 1.42 bits per heavy atom. The summed E-state index contributed by atoms with van der Waals surface area (Å²) in [4.78, 5) is 3.95. The Bertz CT molecular complexity index is 603. The van der Waals surface area contributed by atoms with Gasteiger partial charge in [-0.05, 0) is 0 Å². The number of benzene rings is 1. The van der Waals surface area contributed by atoms with E-state index in [4.69, 9.17) is 31.3 Å². The van der Waals surface area contributed by atoms with Gasteiger partial charge in [-0.15, -0.1) is 0 Å². The molecule has 2 N–H and O–H groups in total. The van der Waals surface area contributed by atoms with Crippen molar-refractivity contribution in [2.75, 3.05) is 14.2 Å². The molecule has 0 saturated carbocycles. The summed E-state index contributed by atoms with van der Waals surface area (Å²) in [7, 11) is 2.79. The van der Waals surface area contributed by atoms with Crippen molar-refractivity contribution in [3.63, 3.8) is 0 Å². The second-order valence-electron chi connectivity index (χ2n) is 3.50. The third-order valence-electron chi connectivity index (χ3n) is 2.43. The van der Waals surface area contributed by atoms with Gasteiger partial charge in [0.1, 0.15) is 5.56 Å². The third kappa shape index (κ3) is 2.34. The summed E-state index contributed by atoms with van der Waals surface area (Å²) in [5.74, 6) is -0.147. The van der Waals surface area contributed by atoms with E-state index in [0.717, 1.165) is 0 Å². The van der Waals surface area contributed by atoms with Gasteiger partial charge in [-0.2, -0.15) is 4.98 Å². The van der Waals surface area contributed by atoms with Gasteiger partial charge in [-0.1, -0.05) is 16.8 Å². The Hall–Kier alpha value is -1.86. The Morgan fingerprint density at radius 2 is 2.16 bits per heavy atom. The van der Waals surface area contributed by atoms with Crippen LogP contribution in [0.25, 0.3) is 11.4 Å². The van der Waals surface area contributed by atoms with Crippen molar-refractivity contribution in [2.24, 2.45) is 5.73 Å². The molecular formula is C11H11ClFN3O3. The molecule has 19 heavy (non-hydrogen) atoms. The molecule has 0 atom stereocenters. The summed E-state index contributed by atoms with van der Waals surface area (Å²) < 4.78 is 29.2. The van der Waals surface area contributed by atoms with Crippen LogP contribution in [0.4, 0.5) is 4.39 Å². The zero-order valence-corrected chi connectivity index (χ0v) is 11.0. The van der Waals surface area contributed by atoms with Crippen molar-refractivity contribution in [2.45, 2.75) is 6.54 Å². The van der Waals surface area contributed by atoms with E-state index >= 15 is 0 Å². The number of aromatic nitrogens is 2. The molecule has 1 aromatic heterocycles. The van der Waals surface area contributed by atoms with Crippen LogP contribution >= 0.6 is 11.6 Å². The van der Waals surface area contributed by atoms with E-state index in [1.54, 1.807) is 0 Å². The predicted molar refractivity (Wildman–Crippen MR) is 65.7 cm³/mol. The largest absolute Gasteiger partial charge is 0.493 e. The van der Waals surface area contributed by atoms with Crippen molar-refractivity contribution in [1.82, 2.24) is 10.1 Å². The van der Waals surface area contributed by atoms with Crippen LogP contribution in [0.15, 0.2) is 10.6 Å². The number of halogens is 2. The predicted octanol–water partition coefficient (Wildman–Crippen LogP) is 2.00. The van der Waals surface area contributed by atoms with E-state index < -0.39 is 5.82 Å². The molecule has 102 valence electrons. The lowest BCUT2D eigenvalue weighted by Gasteiger charge is -2.12. The Balaban J connectivity index is 2.69. The minimum atomic E-state index is -0.719. The number of ether oxygens (including phenoxy) is 2. The lowest BCUT2D eigenvalue weighted by molar-refractivity contribution is 0.353. The first-order chi connectivity index (χ1) is 9.12. The Morgan fingerprint density at radius 3 is 2.68 bits per heavy atom. The molecule has 0 unspecified atom stereocenters. The summed E-state index contributed by atoms with van der Waals surface area (Å²) in [5, 5.41) is 3.51. The van der Waals surface area contributed by atoms with Crippen molar-refractivity contribution in [1.29, 1.82) is 0 Å². The van der Waals surface area contributed by atoms with E-state index in [0.29, 0.717) is 0 Å².